The van der Waals surface area contributed by atoms with Crippen LogP contribution >= 0.6 is 0 Å². The lowest BCUT2D eigenvalue weighted by atomic mass is 10.1. The number of benzene rings is 1. The van der Waals surface area contributed by atoms with Crippen LogP contribution in [0.25, 0.3) is 0 Å². The van der Waals surface area contributed by atoms with Crippen LogP contribution in [0, 0.1) is 12.8 Å². The van der Waals surface area contributed by atoms with Gasteiger partial charge in [-0.05, 0) is 37.0 Å². The van der Waals surface area contributed by atoms with Crippen molar-refractivity contribution in [3.8, 4) is 0 Å². The van der Waals surface area contributed by atoms with Crippen molar-refractivity contribution in [2.24, 2.45) is 5.92 Å². The largest absolute Gasteiger partial charge is 0.478 e. The maximum Gasteiger partial charge on any atom is 0.335 e. The first kappa shape index (κ1) is 15.7. The lowest BCUT2D eigenvalue weighted by Gasteiger charge is -2.11. The Morgan fingerprint density at radius 3 is 2.53 bits per heavy atom. The molecule has 19 heavy (non-hydrogen) atoms. The Hall–Kier alpha value is -1.40. The molecule has 1 aromatic rings. The molecule has 5 nitrogen and oxygen atoms in total. The Labute approximate surface area is 113 Å². The standard InChI is InChI=1S/C13H19NO4S/c1-9(2)7-8-14-19(17,18)12-6-4-5-11(10(12)3)13(15)16/h4-6,9,14H,7-8H2,1-3H3,(H,15,16). The molecule has 1 rings (SSSR count). The molecule has 0 unspecified atom stereocenters. The van der Waals surface area contributed by atoms with E-state index in [0.29, 0.717) is 12.5 Å². The van der Waals surface area contributed by atoms with Crippen molar-refractivity contribution >= 4 is 16.0 Å². The molecule has 0 spiro atoms. The Morgan fingerprint density at radius 2 is 2.00 bits per heavy atom. The number of hydrogen-bond donors (Lipinski definition) is 2. The van der Waals surface area contributed by atoms with E-state index >= 15 is 0 Å². The van der Waals surface area contributed by atoms with Crippen molar-refractivity contribution in [3.63, 3.8) is 0 Å². The minimum Gasteiger partial charge on any atom is -0.478 e. The van der Waals surface area contributed by atoms with Crippen LogP contribution in [-0.2, 0) is 10.0 Å². The summed E-state index contributed by atoms with van der Waals surface area (Å²) in [4.78, 5) is 11.0. The summed E-state index contributed by atoms with van der Waals surface area (Å²) in [5.74, 6) is -0.731. The van der Waals surface area contributed by atoms with Crippen molar-refractivity contribution in [1.29, 1.82) is 0 Å². The number of aromatic carboxylic acids is 1. The molecule has 0 bridgehead atoms. The summed E-state index contributed by atoms with van der Waals surface area (Å²) in [6.45, 7) is 5.85. The maximum atomic E-state index is 12.1. The van der Waals surface area contributed by atoms with E-state index in [-0.39, 0.29) is 16.0 Å². The lowest BCUT2D eigenvalue weighted by Crippen LogP contribution is -2.26. The van der Waals surface area contributed by atoms with Gasteiger partial charge in [-0.1, -0.05) is 19.9 Å². The molecule has 106 valence electrons. The van der Waals surface area contributed by atoms with Crippen LogP contribution < -0.4 is 4.72 Å². The van der Waals surface area contributed by atoms with Gasteiger partial charge in [-0.15, -0.1) is 0 Å². The van der Waals surface area contributed by atoms with E-state index < -0.39 is 16.0 Å². The maximum absolute atomic E-state index is 12.1. The van der Waals surface area contributed by atoms with Gasteiger partial charge >= 0.3 is 5.97 Å². The SMILES string of the molecule is Cc1c(C(=O)O)cccc1S(=O)(=O)NCCC(C)C. The number of hydrogen-bond acceptors (Lipinski definition) is 3. The first-order valence-electron chi connectivity index (χ1n) is 6.08. The summed E-state index contributed by atoms with van der Waals surface area (Å²) >= 11 is 0. The molecule has 0 amide bonds. The van der Waals surface area contributed by atoms with Gasteiger partial charge in [-0.25, -0.2) is 17.9 Å². The molecule has 0 aliphatic rings. The molecule has 6 heteroatoms. The van der Waals surface area contributed by atoms with Crippen LogP contribution in [0.4, 0.5) is 0 Å². The molecule has 2 N–H and O–H groups in total. The minimum atomic E-state index is -3.66. The van der Waals surface area contributed by atoms with Gasteiger partial charge in [0.05, 0.1) is 10.5 Å². The summed E-state index contributed by atoms with van der Waals surface area (Å²) in [5, 5.41) is 8.99. The Bertz CT molecular complexity index is 564. The smallest absolute Gasteiger partial charge is 0.335 e. The normalized spacial score (nSPS) is 11.8. The highest BCUT2D eigenvalue weighted by Gasteiger charge is 2.20. The van der Waals surface area contributed by atoms with Crippen LogP contribution in [0.1, 0.15) is 36.2 Å². The van der Waals surface area contributed by atoms with Crippen molar-refractivity contribution in [1.82, 2.24) is 4.72 Å². The molecular weight excluding hydrogens is 266 g/mol. The third kappa shape index (κ3) is 4.04. The zero-order chi connectivity index (χ0) is 14.6. The summed E-state index contributed by atoms with van der Waals surface area (Å²) in [6, 6.07) is 4.25. The summed E-state index contributed by atoms with van der Waals surface area (Å²) in [6.07, 6.45) is 0.733. The lowest BCUT2D eigenvalue weighted by molar-refractivity contribution is 0.0696. The first-order valence-corrected chi connectivity index (χ1v) is 7.56. The van der Waals surface area contributed by atoms with Gasteiger partial charge in [0.15, 0.2) is 0 Å². The van der Waals surface area contributed by atoms with E-state index in [4.69, 9.17) is 5.11 Å². The number of nitrogens with one attached hydrogen (secondary N) is 1. The number of carboxylic acids is 1. The quantitative estimate of drug-likeness (QED) is 0.837. The van der Waals surface area contributed by atoms with Gasteiger partial charge in [-0.3, -0.25) is 0 Å². The van der Waals surface area contributed by atoms with Crippen molar-refractivity contribution in [2.75, 3.05) is 6.54 Å². The Kier molecular flexibility index (Phi) is 5.08. The Balaban J connectivity index is 3.02. The minimum absolute atomic E-state index is 0.00624. The third-order valence-corrected chi connectivity index (χ3v) is 4.42. The topological polar surface area (TPSA) is 83.5 Å². The van der Waals surface area contributed by atoms with E-state index in [9.17, 15) is 13.2 Å². The monoisotopic (exact) mass is 285 g/mol. The zero-order valence-electron chi connectivity index (χ0n) is 11.3. The molecule has 0 aromatic heterocycles. The average molecular weight is 285 g/mol. The van der Waals surface area contributed by atoms with Gasteiger partial charge in [0.1, 0.15) is 0 Å². The van der Waals surface area contributed by atoms with Gasteiger partial charge in [0, 0.05) is 6.54 Å². The predicted molar refractivity (Wildman–Crippen MR) is 72.8 cm³/mol. The van der Waals surface area contributed by atoms with Gasteiger partial charge in [0.2, 0.25) is 10.0 Å². The van der Waals surface area contributed by atoms with E-state index in [1.54, 1.807) is 0 Å². The summed E-state index contributed by atoms with van der Waals surface area (Å²) < 4.78 is 26.7. The molecule has 0 aliphatic heterocycles. The second kappa shape index (κ2) is 6.16. The fourth-order valence-electron chi connectivity index (χ4n) is 1.70. The average Bonchev–Trinajstić information content (AvgIpc) is 2.27. The van der Waals surface area contributed by atoms with E-state index in [0.717, 1.165) is 6.42 Å². The number of rotatable bonds is 6. The fraction of sp³-hybridized carbons (Fsp3) is 0.462. The van der Waals surface area contributed by atoms with Crippen molar-refractivity contribution in [3.05, 3.63) is 29.3 Å². The van der Waals surface area contributed by atoms with Crippen LogP contribution in [-0.4, -0.2) is 26.0 Å². The van der Waals surface area contributed by atoms with E-state index in [1.165, 1.54) is 25.1 Å². The molecule has 0 radical (unpaired) electrons. The Morgan fingerprint density at radius 1 is 1.37 bits per heavy atom. The number of carbonyl (C=O) groups is 1. The summed E-state index contributed by atoms with van der Waals surface area (Å²) in [5.41, 5.74) is 0.263. The molecule has 0 atom stereocenters. The zero-order valence-corrected chi connectivity index (χ0v) is 12.1. The highest BCUT2D eigenvalue weighted by Crippen LogP contribution is 2.19. The first-order chi connectivity index (χ1) is 8.75. The second-order valence-corrected chi connectivity index (χ2v) is 6.55. The van der Waals surface area contributed by atoms with Crippen LogP contribution in [0.15, 0.2) is 23.1 Å². The fourth-order valence-corrected chi connectivity index (χ4v) is 3.01. The molecule has 0 fully saturated rings. The van der Waals surface area contributed by atoms with Gasteiger partial charge in [-0.2, -0.15) is 0 Å². The van der Waals surface area contributed by atoms with E-state index in [2.05, 4.69) is 4.72 Å². The van der Waals surface area contributed by atoms with Crippen LogP contribution in [0.3, 0.4) is 0 Å². The molecule has 0 saturated heterocycles. The number of carboxylic acid groups (broad SMARTS) is 1. The highest BCUT2D eigenvalue weighted by atomic mass is 32.2. The van der Waals surface area contributed by atoms with Crippen molar-refractivity contribution < 1.29 is 18.3 Å². The van der Waals surface area contributed by atoms with Gasteiger partial charge in [0.25, 0.3) is 0 Å². The van der Waals surface area contributed by atoms with Crippen LogP contribution in [0.5, 0.6) is 0 Å². The molecule has 1 aromatic carbocycles. The highest BCUT2D eigenvalue weighted by molar-refractivity contribution is 7.89. The molecule has 0 saturated carbocycles. The third-order valence-electron chi connectivity index (χ3n) is 2.82. The van der Waals surface area contributed by atoms with Crippen molar-refractivity contribution in [2.45, 2.75) is 32.1 Å². The van der Waals surface area contributed by atoms with Gasteiger partial charge < -0.3 is 5.11 Å². The van der Waals surface area contributed by atoms with E-state index in [1.807, 2.05) is 13.8 Å². The van der Waals surface area contributed by atoms with Crippen LogP contribution in [0.2, 0.25) is 0 Å². The second-order valence-electron chi connectivity index (χ2n) is 4.81. The molecule has 0 heterocycles. The number of sulfonamides is 1. The molecular formula is C13H19NO4S. The summed E-state index contributed by atoms with van der Waals surface area (Å²) in [7, 11) is -3.66. The molecule has 0 aliphatic carbocycles. The predicted octanol–water partition coefficient (Wildman–Crippen LogP) is 2.02.